The zero-order valence-electron chi connectivity index (χ0n) is 10.2. The lowest BCUT2D eigenvalue weighted by Gasteiger charge is -2.49. The number of sulfonamides is 1. The van der Waals surface area contributed by atoms with Crippen molar-refractivity contribution in [3.8, 4) is 0 Å². The molecule has 0 radical (unpaired) electrons. The highest BCUT2D eigenvalue weighted by Crippen LogP contribution is 2.41. The largest absolute Gasteiger partial charge is 0.392 e. The Balaban J connectivity index is 2.16. The van der Waals surface area contributed by atoms with Crippen molar-refractivity contribution < 1.29 is 13.5 Å². The van der Waals surface area contributed by atoms with Crippen LogP contribution >= 0.6 is 11.6 Å². The number of aliphatic hydroxyl groups excluding tert-OH is 1. The van der Waals surface area contributed by atoms with E-state index in [9.17, 15) is 13.5 Å². The van der Waals surface area contributed by atoms with E-state index in [1.807, 2.05) is 13.8 Å². The maximum Gasteiger partial charge on any atom is 0.240 e. The van der Waals surface area contributed by atoms with Crippen LogP contribution in [0, 0.1) is 5.41 Å². The standard InChI is InChI=1S/C12H16ClNO3S/c1-12(2)10(7-11(12)15)14-18(16,17)9-5-3-8(13)4-6-9/h3-6,10-11,14-15H,7H2,1-2H3. The molecule has 0 amide bonds. The molecular formula is C12H16ClNO3S. The first-order valence-corrected chi connectivity index (χ1v) is 7.55. The predicted octanol–water partition coefficient (Wildman–Crippen LogP) is 1.78. The van der Waals surface area contributed by atoms with Gasteiger partial charge in [0.2, 0.25) is 10.0 Å². The highest BCUT2D eigenvalue weighted by molar-refractivity contribution is 7.89. The van der Waals surface area contributed by atoms with Crippen LogP contribution in [0.1, 0.15) is 20.3 Å². The van der Waals surface area contributed by atoms with E-state index in [1.165, 1.54) is 24.3 Å². The second-order valence-corrected chi connectivity index (χ2v) is 7.35. The third kappa shape index (κ3) is 2.40. The smallest absolute Gasteiger partial charge is 0.240 e. The van der Waals surface area contributed by atoms with E-state index in [-0.39, 0.29) is 10.9 Å². The van der Waals surface area contributed by atoms with Crippen molar-refractivity contribution >= 4 is 21.6 Å². The fourth-order valence-electron chi connectivity index (χ4n) is 1.97. The lowest BCUT2D eigenvalue weighted by molar-refractivity contribution is -0.0645. The molecule has 0 aromatic heterocycles. The van der Waals surface area contributed by atoms with Crippen molar-refractivity contribution in [3.05, 3.63) is 29.3 Å². The quantitative estimate of drug-likeness (QED) is 0.891. The van der Waals surface area contributed by atoms with Gasteiger partial charge in [-0.25, -0.2) is 13.1 Å². The molecule has 2 atom stereocenters. The third-order valence-electron chi connectivity index (χ3n) is 3.64. The van der Waals surface area contributed by atoms with Gasteiger partial charge >= 0.3 is 0 Å². The molecule has 1 aromatic rings. The molecule has 2 N–H and O–H groups in total. The summed E-state index contributed by atoms with van der Waals surface area (Å²) in [6, 6.07) is 5.76. The fourth-order valence-corrected chi connectivity index (χ4v) is 3.50. The van der Waals surface area contributed by atoms with Crippen molar-refractivity contribution in [1.29, 1.82) is 0 Å². The number of benzene rings is 1. The zero-order valence-corrected chi connectivity index (χ0v) is 11.8. The topological polar surface area (TPSA) is 66.4 Å². The van der Waals surface area contributed by atoms with E-state index < -0.39 is 21.5 Å². The Morgan fingerprint density at radius 1 is 1.33 bits per heavy atom. The SMILES string of the molecule is CC1(C)C(O)CC1NS(=O)(=O)c1ccc(Cl)cc1. The summed E-state index contributed by atoms with van der Waals surface area (Å²) < 4.78 is 26.8. The second kappa shape index (κ2) is 4.49. The molecule has 1 aliphatic carbocycles. The molecule has 2 unspecified atom stereocenters. The molecular weight excluding hydrogens is 274 g/mol. The number of nitrogens with one attached hydrogen (secondary N) is 1. The average Bonchev–Trinajstić information content (AvgIpc) is 2.29. The Kier molecular flexibility index (Phi) is 3.44. The first-order chi connectivity index (χ1) is 8.23. The minimum Gasteiger partial charge on any atom is -0.392 e. The van der Waals surface area contributed by atoms with Crippen LogP contribution in [0.3, 0.4) is 0 Å². The monoisotopic (exact) mass is 289 g/mol. The minimum absolute atomic E-state index is 0.184. The number of hydrogen-bond donors (Lipinski definition) is 2. The van der Waals surface area contributed by atoms with Crippen LogP contribution in [0.5, 0.6) is 0 Å². The Morgan fingerprint density at radius 3 is 2.33 bits per heavy atom. The molecule has 1 fully saturated rings. The molecule has 6 heteroatoms. The highest BCUT2D eigenvalue weighted by Gasteiger charge is 2.48. The Morgan fingerprint density at radius 2 is 1.89 bits per heavy atom. The summed E-state index contributed by atoms with van der Waals surface area (Å²) in [5, 5.41) is 10.1. The maximum absolute atomic E-state index is 12.1. The molecule has 100 valence electrons. The van der Waals surface area contributed by atoms with Crippen molar-refractivity contribution in [2.75, 3.05) is 0 Å². The van der Waals surface area contributed by atoms with Crippen molar-refractivity contribution in [2.24, 2.45) is 5.41 Å². The molecule has 0 aliphatic heterocycles. The zero-order chi connectivity index (χ0) is 13.6. The molecule has 2 rings (SSSR count). The number of halogens is 1. The normalized spacial score (nSPS) is 26.7. The van der Waals surface area contributed by atoms with E-state index in [0.29, 0.717) is 11.4 Å². The lowest BCUT2D eigenvalue weighted by Crippen LogP contribution is -2.61. The van der Waals surface area contributed by atoms with Gasteiger partial charge in [-0.3, -0.25) is 0 Å². The van der Waals surface area contributed by atoms with Gasteiger partial charge in [-0.1, -0.05) is 25.4 Å². The molecule has 0 spiro atoms. The first kappa shape index (κ1) is 13.8. The Labute approximate surface area is 112 Å². The minimum atomic E-state index is -3.55. The molecule has 18 heavy (non-hydrogen) atoms. The van der Waals surface area contributed by atoms with Gasteiger partial charge in [0.05, 0.1) is 11.0 Å². The van der Waals surface area contributed by atoms with Crippen molar-refractivity contribution in [2.45, 2.75) is 37.3 Å². The predicted molar refractivity (Wildman–Crippen MR) is 70.0 cm³/mol. The van der Waals surface area contributed by atoms with Crippen LogP contribution in [0.15, 0.2) is 29.2 Å². The second-order valence-electron chi connectivity index (χ2n) is 5.20. The Hall–Kier alpha value is -0.620. The number of aliphatic hydroxyl groups is 1. The van der Waals surface area contributed by atoms with Gasteiger partial charge in [-0.15, -0.1) is 0 Å². The molecule has 4 nitrogen and oxygen atoms in total. The fraction of sp³-hybridized carbons (Fsp3) is 0.500. The van der Waals surface area contributed by atoms with Crippen LogP contribution in [-0.4, -0.2) is 25.7 Å². The molecule has 1 aliphatic rings. The van der Waals surface area contributed by atoms with Gasteiger partial charge in [0.15, 0.2) is 0 Å². The van der Waals surface area contributed by atoms with Crippen LogP contribution in [0.2, 0.25) is 5.02 Å². The summed E-state index contributed by atoms with van der Waals surface area (Å²) in [6.07, 6.45) is -0.0183. The Bertz CT molecular complexity index is 539. The van der Waals surface area contributed by atoms with E-state index in [0.717, 1.165) is 0 Å². The van der Waals surface area contributed by atoms with Crippen LogP contribution in [0.4, 0.5) is 0 Å². The maximum atomic E-state index is 12.1. The van der Waals surface area contributed by atoms with Crippen LogP contribution in [0.25, 0.3) is 0 Å². The molecule has 1 aromatic carbocycles. The summed E-state index contributed by atoms with van der Waals surface area (Å²) in [6.45, 7) is 3.69. The average molecular weight is 290 g/mol. The lowest BCUT2D eigenvalue weighted by atomic mass is 9.65. The number of hydrogen-bond acceptors (Lipinski definition) is 3. The van der Waals surface area contributed by atoms with Gasteiger partial charge in [-0.2, -0.15) is 0 Å². The van der Waals surface area contributed by atoms with E-state index in [2.05, 4.69) is 4.72 Å². The van der Waals surface area contributed by atoms with Gasteiger partial charge in [0.1, 0.15) is 0 Å². The van der Waals surface area contributed by atoms with Gasteiger partial charge in [0.25, 0.3) is 0 Å². The van der Waals surface area contributed by atoms with Crippen molar-refractivity contribution in [3.63, 3.8) is 0 Å². The molecule has 0 saturated heterocycles. The summed E-state index contributed by atoms with van der Waals surface area (Å²) in [7, 11) is -3.55. The summed E-state index contributed by atoms with van der Waals surface area (Å²) >= 11 is 5.72. The van der Waals surface area contributed by atoms with E-state index in [4.69, 9.17) is 11.6 Å². The van der Waals surface area contributed by atoms with Crippen LogP contribution in [-0.2, 0) is 10.0 Å². The first-order valence-electron chi connectivity index (χ1n) is 5.69. The van der Waals surface area contributed by atoms with Gasteiger partial charge in [0, 0.05) is 16.5 Å². The summed E-state index contributed by atoms with van der Waals surface area (Å²) in [5.41, 5.74) is -0.431. The summed E-state index contributed by atoms with van der Waals surface area (Å²) in [5.74, 6) is 0. The van der Waals surface area contributed by atoms with E-state index in [1.54, 1.807) is 0 Å². The molecule has 0 bridgehead atoms. The van der Waals surface area contributed by atoms with E-state index >= 15 is 0 Å². The van der Waals surface area contributed by atoms with Crippen molar-refractivity contribution in [1.82, 2.24) is 4.72 Å². The number of rotatable bonds is 3. The van der Waals surface area contributed by atoms with Gasteiger partial charge < -0.3 is 5.11 Å². The molecule has 0 heterocycles. The summed E-state index contributed by atoms with van der Waals surface area (Å²) in [4.78, 5) is 0.184. The highest BCUT2D eigenvalue weighted by atomic mass is 35.5. The molecule has 1 saturated carbocycles. The van der Waals surface area contributed by atoms with Crippen LogP contribution < -0.4 is 4.72 Å². The third-order valence-corrected chi connectivity index (χ3v) is 5.38. The van der Waals surface area contributed by atoms with Gasteiger partial charge in [-0.05, 0) is 30.7 Å².